The molecule has 1 aliphatic heterocycles. The number of benzene rings is 5. The van der Waals surface area contributed by atoms with Gasteiger partial charge in [0.15, 0.2) is 13.2 Å². The number of hydrogen-bond acceptors (Lipinski definition) is 5. The van der Waals surface area contributed by atoms with Gasteiger partial charge in [-0.05, 0) is 250 Å². The molecular weight excluding hydrogens is 1870 g/mol. The van der Waals surface area contributed by atoms with E-state index >= 15 is 0 Å². The molecule has 6 rings (SSSR count). The van der Waals surface area contributed by atoms with E-state index < -0.39 is 64.7 Å². The van der Waals surface area contributed by atoms with Crippen molar-refractivity contribution >= 4 is 105 Å². The smallest absolute Gasteiger partial charge is 0.674 e. The molecule has 1 N–H and O–H groups in total. The Hall–Kier alpha value is -0.812. The predicted octanol–water partition coefficient (Wildman–Crippen LogP) is 36.3. The summed E-state index contributed by atoms with van der Waals surface area (Å²) in [5.41, 5.74) is 11.1. The SMILES string of the molecule is CC(C)(C)[PH+](C(c1ccccc1)S(=O)[N-]c1ccccc1)C(C)(C)C.CC(C)(C)[PH+](CS(=N[Si](C)(C)C)[N-][Si](C)(C)C)C(C)(C)C.CC(C)c1cccc(C(C)C)c1N=CC(C[PH+](C(C)(C)C)C(C)(C)C)[N-]c1c(C(C)C)cccc1C(C)C.CCC.CCC.CCC.CCC.CN1C(=O)C(O)(C[PH+](C(C)(C)C)C(C)(C)C)c2ccccc21.[CH3-].[CH3-].[CH3-].[CH3-].[Ni+2].[Ni+2].[Ni+2].[Ni]. The van der Waals surface area contributed by atoms with Crippen molar-refractivity contribution in [3.8, 4) is 0 Å². The Morgan fingerprint density at radius 3 is 1.11 bits per heavy atom. The second kappa shape index (κ2) is 65.1. The zero-order valence-corrected chi connectivity index (χ0v) is 102. The Balaban J connectivity index is -0.000000171. The molecule has 0 spiro atoms. The van der Waals surface area contributed by atoms with Crippen LogP contribution in [0.2, 0.25) is 39.3 Å². The molecule has 126 heavy (non-hydrogen) atoms. The summed E-state index contributed by atoms with van der Waals surface area (Å²) in [6, 6.07) is 41.0. The van der Waals surface area contributed by atoms with Crippen molar-refractivity contribution in [2.75, 3.05) is 29.8 Å². The Bertz CT molecular complexity index is 3630. The molecule has 1 amide bonds. The number of rotatable bonds is 22. The van der Waals surface area contributed by atoms with E-state index in [1.807, 2.05) is 72.8 Å². The van der Waals surface area contributed by atoms with Gasteiger partial charge in [-0.3, -0.25) is 14.0 Å². The van der Waals surface area contributed by atoms with Gasteiger partial charge in [0.25, 0.3) is 5.91 Å². The number of aliphatic hydroxyl groups is 1. The minimum Gasteiger partial charge on any atom is -0.674 e. The van der Waals surface area contributed by atoms with E-state index in [0.717, 1.165) is 34.4 Å². The third-order valence-electron chi connectivity index (χ3n) is 19.2. The van der Waals surface area contributed by atoms with Crippen molar-refractivity contribution in [3.63, 3.8) is 0 Å². The third-order valence-corrected chi connectivity index (χ3v) is 46.4. The maximum absolute atomic E-state index is 13.4. The van der Waals surface area contributed by atoms with Gasteiger partial charge in [-0.25, -0.2) is 0 Å². The normalized spacial score (nSPS) is 14.5. The van der Waals surface area contributed by atoms with Gasteiger partial charge in [-0.1, -0.05) is 291 Å². The summed E-state index contributed by atoms with van der Waals surface area (Å²) in [5, 5.41) is 18.7. The Morgan fingerprint density at radius 2 is 0.794 bits per heavy atom. The van der Waals surface area contributed by atoms with Gasteiger partial charge in [-0.15, -0.1) is 11.4 Å². The maximum Gasteiger partial charge on any atom is 2.00 e. The molecule has 0 saturated carbocycles. The van der Waals surface area contributed by atoms with Gasteiger partial charge in [-0.2, -0.15) is 10.9 Å². The van der Waals surface area contributed by atoms with Gasteiger partial charge < -0.3 is 58.2 Å². The first kappa shape index (κ1) is 146. The summed E-state index contributed by atoms with van der Waals surface area (Å²) in [5.74, 6) is 1.51. The van der Waals surface area contributed by atoms with Gasteiger partial charge >= 0.3 is 49.5 Å². The van der Waals surface area contributed by atoms with Crippen LogP contribution in [0, 0.1) is 29.7 Å². The first-order valence-electron chi connectivity index (χ1n) is 45.0. The average molecular weight is 2070 g/mol. The molecule has 1 aliphatic rings. The molecule has 0 aromatic heterocycles. The van der Waals surface area contributed by atoms with Crippen LogP contribution < -0.4 is 4.90 Å². The maximum atomic E-state index is 13.4. The van der Waals surface area contributed by atoms with Gasteiger partial charge in [0.05, 0.1) is 58.1 Å². The van der Waals surface area contributed by atoms with Gasteiger partial charge in [0.1, 0.15) is 6.16 Å². The van der Waals surface area contributed by atoms with E-state index in [4.69, 9.17) is 18.7 Å². The van der Waals surface area contributed by atoms with E-state index in [2.05, 4.69) is 376 Å². The molecule has 0 fully saturated rings. The summed E-state index contributed by atoms with van der Waals surface area (Å²) in [6.45, 7) is 105. The minimum atomic E-state index is -1.42. The van der Waals surface area contributed by atoms with Crippen molar-refractivity contribution in [3.05, 3.63) is 199 Å². The third kappa shape index (κ3) is 53.1. The van der Waals surface area contributed by atoms with E-state index in [1.54, 1.807) is 11.9 Å². The number of aliphatic imine (C=N–C) groups is 1. The topological polar surface area (TPSA) is 125 Å². The van der Waals surface area contributed by atoms with Gasteiger partial charge in [0.2, 0.25) is 5.60 Å². The number of anilines is 1. The van der Waals surface area contributed by atoms with E-state index in [-0.39, 0.29) is 154 Å². The first-order valence-corrected chi connectivity index (χ1v) is 61.1. The minimum absolute atomic E-state index is 0. The molecule has 21 heteroatoms. The predicted molar refractivity (Wildman–Crippen MR) is 590 cm³/mol. The number of likely N-dealkylation sites (N-methyl/N-ethyl adjacent to an activating group) is 1. The molecule has 9 nitrogen and oxygen atoms in total. The Morgan fingerprint density at radius 1 is 0.468 bits per heavy atom. The first-order chi connectivity index (χ1) is 53.5. The molecule has 744 valence electrons. The van der Waals surface area contributed by atoms with Crippen molar-refractivity contribution in [1.29, 1.82) is 0 Å². The van der Waals surface area contributed by atoms with Gasteiger partial charge in [0, 0.05) is 72.5 Å². The zero-order valence-electron chi connectivity index (χ0n) is 90.6. The van der Waals surface area contributed by atoms with Crippen molar-refractivity contribution in [1.82, 2.24) is 0 Å². The number of carbonyl (C=O) groups excluding carboxylic acids is 1. The van der Waals surface area contributed by atoms with E-state index in [1.165, 1.54) is 59.1 Å². The van der Waals surface area contributed by atoms with Crippen LogP contribution in [-0.4, -0.2) is 110 Å². The largest absolute Gasteiger partial charge is 2.00 e. The fraction of sp³-hybridized carbons (Fsp3) is 0.657. The fourth-order valence-electron chi connectivity index (χ4n) is 15.4. The summed E-state index contributed by atoms with van der Waals surface area (Å²) >= 11 is 0. The van der Waals surface area contributed by atoms with Crippen LogP contribution in [-0.2, 0) is 98.2 Å². The quantitative estimate of drug-likeness (QED) is 0.0321. The monoisotopic (exact) mass is 2070 g/mol. The Labute approximate surface area is 838 Å². The van der Waals surface area contributed by atoms with Crippen molar-refractivity contribution in [2.24, 2.45) is 9.02 Å². The molecule has 5 atom stereocenters. The second-order valence-corrected chi connectivity index (χ2v) is 74.6. The zero-order chi connectivity index (χ0) is 92.7. The molecule has 5 aromatic rings. The number of fused-ring (bicyclic) bond motifs is 1. The molecule has 5 aromatic carbocycles. The molecule has 0 radical (unpaired) electrons. The molecule has 0 aliphatic carbocycles. The second-order valence-electron chi connectivity index (χ2n) is 44.0. The Kier molecular flexibility index (Phi) is 75.1. The van der Waals surface area contributed by atoms with Crippen molar-refractivity contribution in [2.45, 2.75) is 423 Å². The molecular formula is C105H199N6Ni4O3P4S2Si2+3. The van der Waals surface area contributed by atoms with Crippen LogP contribution in [0.5, 0.6) is 0 Å². The number of para-hydroxylation sites is 3. The number of nitrogens with zero attached hydrogens (tertiary/aromatic N) is 6. The van der Waals surface area contributed by atoms with Crippen LogP contribution in [0.3, 0.4) is 0 Å². The van der Waals surface area contributed by atoms with Crippen LogP contribution >= 0.6 is 31.7 Å². The van der Waals surface area contributed by atoms with Crippen LogP contribution in [0.4, 0.5) is 22.7 Å². The molecule has 0 saturated heterocycles. The summed E-state index contributed by atoms with van der Waals surface area (Å²) in [6.07, 6.45) is 8.83. The molecule has 0 bridgehead atoms. The van der Waals surface area contributed by atoms with E-state index in [9.17, 15) is 14.1 Å². The van der Waals surface area contributed by atoms with Crippen LogP contribution in [0.1, 0.15) is 365 Å². The molecule has 5 unspecified atom stereocenters. The van der Waals surface area contributed by atoms with Crippen LogP contribution in [0.25, 0.3) is 14.4 Å². The average Bonchev–Trinajstić information content (AvgIpc) is 1.58. The van der Waals surface area contributed by atoms with Crippen molar-refractivity contribution < 1.29 is 80.1 Å². The van der Waals surface area contributed by atoms with Crippen LogP contribution in [0.15, 0.2) is 130 Å². The fourth-order valence-corrected chi connectivity index (χ4v) is 45.9. The standard InChI is InChI=1S/C35H56N2P.C21H29NOPS.C18H28NO2P.C15H38N2PSSi2.4C3H8.4CH3.4Ni/c1-23(2)28-17-15-18-29(24(3)4)32(28)36-21-27(22-38(34(9,10)11)35(12,13)14)37-33-30(25(5)6)19-16-20-31(33)26(7)8;1-20(2,3)24(21(4,5)6)19(17-13-9-7-10-14-17)25(23)22-18-15-11-8-12-16-18;1-16(2,3)22(17(4,5)6)12-18(21)13-10-8-9-11-14(13)19(7)15(18)20;1-14(2,3)18(15(4,5)6)13-19(16-20(7,8)9)17-21(10,11)12;4*1-3-2;;;;;;;;/h15-21,23-27H,22H2,1-14H3;7-16,19H,1-6H3;8-11,21H,12H2,1-7H3;13H2,1-12H3;4*3H2,1-2H3;4*1H3;;;;/q2*-1;;-1;;;;;4*-1;;3*+2/p+4. The summed E-state index contributed by atoms with van der Waals surface area (Å²) in [4.78, 5) is 19.6. The van der Waals surface area contributed by atoms with E-state index in [0.29, 0.717) is 40.1 Å². The molecule has 1 heterocycles. The summed E-state index contributed by atoms with van der Waals surface area (Å²) in [7, 11) is -5.91. The number of amides is 1. The summed E-state index contributed by atoms with van der Waals surface area (Å²) < 4.78 is 28.4. The number of hydrogen-bond donors (Lipinski definition) is 1. The number of carbonyl (C=O) groups is 1.